The molecule has 0 saturated heterocycles. The Morgan fingerprint density at radius 1 is 0.960 bits per heavy atom. The largest absolute Gasteiger partial charge is 0.383 e. The zero-order valence-corrected chi connectivity index (χ0v) is 13.6. The van der Waals surface area contributed by atoms with E-state index in [-0.39, 0.29) is 11.7 Å². The second kappa shape index (κ2) is 8.06. The third kappa shape index (κ3) is 4.88. The number of nitrogens with one attached hydrogen (secondary N) is 2. The van der Waals surface area contributed by atoms with Gasteiger partial charge in [0.1, 0.15) is 5.82 Å². The van der Waals surface area contributed by atoms with Gasteiger partial charge in [0.05, 0.1) is 11.3 Å². The molecule has 126 valence electrons. The number of halogens is 1. The van der Waals surface area contributed by atoms with Crippen molar-refractivity contribution >= 4 is 17.3 Å². The number of benzene rings is 2. The highest BCUT2D eigenvalue weighted by Crippen LogP contribution is 2.13. The average molecular weight is 335 g/mol. The Balaban J connectivity index is 1.58. The summed E-state index contributed by atoms with van der Waals surface area (Å²) < 4.78 is 12.9. The second-order valence-corrected chi connectivity index (χ2v) is 5.59. The van der Waals surface area contributed by atoms with Gasteiger partial charge in [0.2, 0.25) is 0 Å². The average Bonchev–Trinajstić information content (AvgIpc) is 2.65. The molecule has 5 heteroatoms. The van der Waals surface area contributed by atoms with Crippen LogP contribution in [0.1, 0.15) is 15.9 Å². The highest BCUT2D eigenvalue weighted by atomic mass is 19.1. The first kappa shape index (κ1) is 16.6. The van der Waals surface area contributed by atoms with E-state index in [0.29, 0.717) is 11.3 Å². The molecule has 0 aliphatic rings. The van der Waals surface area contributed by atoms with Gasteiger partial charge in [0.15, 0.2) is 0 Å². The number of hydrogen-bond donors (Lipinski definition) is 2. The van der Waals surface area contributed by atoms with Crippen LogP contribution >= 0.6 is 0 Å². The number of hydrogen-bond acceptors (Lipinski definition) is 3. The van der Waals surface area contributed by atoms with E-state index in [1.807, 2.05) is 18.2 Å². The van der Waals surface area contributed by atoms with E-state index in [9.17, 15) is 9.18 Å². The lowest BCUT2D eigenvalue weighted by molar-refractivity contribution is 0.102. The van der Waals surface area contributed by atoms with E-state index in [2.05, 4.69) is 27.8 Å². The molecule has 1 amide bonds. The van der Waals surface area contributed by atoms with E-state index in [1.54, 1.807) is 12.3 Å². The number of carbonyl (C=O) groups is 1. The standard InChI is InChI=1S/C20H18FN3O/c21-17-6-8-18(9-7-17)24-20(25)16-12-19(14-22-13-16)23-11-10-15-4-2-1-3-5-15/h1-9,12-14,23H,10-11H2,(H,24,25). The van der Waals surface area contributed by atoms with Crippen molar-refractivity contribution in [2.45, 2.75) is 6.42 Å². The Morgan fingerprint density at radius 2 is 1.72 bits per heavy atom. The number of carbonyl (C=O) groups excluding carboxylic acids is 1. The van der Waals surface area contributed by atoms with Gasteiger partial charge < -0.3 is 10.6 Å². The number of amides is 1. The first-order valence-electron chi connectivity index (χ1n) is 8.00. The molecule has 0 spiro atoms. The van der Waals surface area contributed by atoms with Crippen LogP contribution < -0.4 is 10.6 Å². The Bertz CT molecular complexity index is 835. The molecule has 3 aromatic rings. The van der Waals surface area contributed by atoms with Crippen LogP contribution in [-0.4, -0.2) is 17.4 Å². The van der Waals surface area contributed by atoms with Crippen molar-refractivity contribution in [3.63, 3.8) is 0 Å². The van der Waals surface area contributed by atoms with Gasteiger partial charge in [0, 0.05) is 24.6 Å². The minimum absolute atomic E-state index is 0.286. The second-order valence-electron chi connectivity index (χ2n) is 5.59. The molecule has 0 saturated carbocycles. The van der Waals surface area contributed by atoms with Crippen LogP contribution in [-0.2, 0) is 6.42 Å². The molecule has 0 radical (unpaired) electrons. The monoisotopic (exact) mass is 335 g/mol. The van der Waals surface area contributed by atoms with E-state index in [1.165, 1.54) is 36.0 Å². The predicted octanol–water partition coefficient (Wildman–Crippen LogP) is 4.13. The molecule has 0 aliphatic heterocycles. The zero-order valence-electron chi connectivity index (χ0n) is 13.6. The van der Waals surface area contributed by atoms with Crippen molar-refractivity contribution in [1.82, 2.24) is 4.98 Å². The van der Waals surface area contributed by atoms with Crippen LogP contribution in [0, 0.1) is 5.82 Å². The van der Waals surface area contributed by atoms with E-state index < -0.39 is 0 Å². The van der Waals surface area contributed by atoms with Crippen molar-refractivity contribution < 1.29 is 9.18 Å². The number of rotatable bonds is 6. The van der Waals surface area contributed by atoms with Gasteiger partial charge in [-0.2, -0.15) is 0 Å². The molecule has 1 heterocycles. The van der Waals surface area contributed by atoms with Crippen molar-refractivity contribution in [3.8, 4) is 0 Å². The Labute approximate surface area is 145 Å². The lowest BCUT2D eigenvalue weighted by Gasteiger charge is -2.09. The molecule has 0 fully saturated rings. The van der Waals surface area contributed by atoms with Crippen LogP contribution in [0.5, 0.6) is 0 Å². The van der Waals surface area contributed by atoms with Crippen molar-refractivity contribution in [2.24, 2.45) is 0 Å². The van der Waals surface area contributed by atoms with Crippen LogP contribution in [0.15, 0.2) is 73.1 Å². The summed E-state index contributed by atoms with van der Waals surface area (Å²) in [6.45, 7) is 0.745. The first-order chi connectivity index (χ1) is 12.2. The maximum Gasteiger partial charge on any atom is 0.257 e. The summed E-state index contributed by atoms with van der Waals surface area (Å²) >= 11 is 0. The number of aromatic nitrogens is 1. The maximum absolute atomic E-state index is 12.9. The minimum Gasteiger partial charge on any atom is -0.383 e. The molecular formula is C20H18FN3O. The molecule has 25 heavy (non-hydrogen) atoms. The van der Waals surface area contributed by atoms with Crippen molar-refractivity contribution in [2.75, 3.05) is 17.2 Å². The summed E-state index contributed by atoms with van der Waals surface area (Å²) in [5, 5.41) is 5.99. The summed E-state index contributed by atoms with van der Waals surface area (Å²) in [6, 6.07) is 17.5. The summed E-state index contributed by atoms with van der Waals surface area (Å²) in [5.74, 6) is -0.630. The molecule has 2 N–H and O–H groups in total. The van der Waals surface area contributed by atoms with Gasteiger partial charge in [-0.05, 0) is 42.3 Å². The smallest absolute Gasteiger partial charge is 0.257 e. The van der Waals surface area contributed by atoms with Crippen LogP contribution in [0.3, 0.4) is 0 Å². The summed E-state index contributed by atoms with van der Waals surface area (Å²) in [5.41, 5.74) is 3.00. The molecule has 0 atom stereocenters. The van der Waals surface area contributed by atoms with Crippen LogP contribution in [0.2, 0.25) is 0 Å². The first-order valence-corrected chi connectivity index (χ1v) is 8.00. The van der Waals surface area contributed by atoms with Crippen LogP contribution in [0.4, 0.5) is 15.8 Å². The molecule has 2 aromatic carbocycles. The Morgan fingerprint density at radius 3 is 2.48 bits per heavy atom. The van der Waals surface area contributed by atoms with Gasteiger partial charge in [-0.15, -0.1) is 0 Å². The van der Waals surface area contributed by atoms with Gasteiger partial charge in [0.25, 0.3) is 5.91 Å². The molecule has 0 unspecified atom stereocenters. The summed E-state index contributed by atoms with van der Waals surface area (Å²) in [4.78, 5) is 16.4. The fraction of sp³-hybridized carbons (Fsp3) is 0.100. The molecular weight excluding hydrogens is 317 g/mol. The van der Waals surface area contributed by atoms with Crippen molar-refractivity contribution in [1.29, 1.82) is 0 Å². The number of anilines is 2. The quantitative estimate of drug-likeness (QED) is 0.712. The Kier molecular flexibility index (Phi) is 5.36. The van der Waals surface area contributed by atoms with Gasteiger partial charge in [-0.25, -0.2) is 4.39 Å². The highest BCUT2D eigenvalue weighted by molar-refractivity contribution is 6.04. The van der Waals surface area contributed by atoms with Crippen LogP contribution in [0.25, 0.3) is 0 Å². The lowest BCUT2D eigenvalue weighted by atomic mass is 10.1. The third-order valence-corrected chi connectivity index (χ3v) is 3.69. The minimum atomic E-state index is -0.343. The molecule has 0 aliphatic carbocycles. The molecule has 1 aromatic heterocycles. The fourth-order valence-corrected chi connectivity index (χ4v) is 2.39. The molecule has 0 bridgehead atoms. The molecule has 3 rings (SSSR count). The normalized spacial score (nSPS) is 10.3. The highest BCUT2D eigenvalue weighted by Gasteiger charge is 2.07. The zero-order chi connectivity index (χ0) is 17.5. The van der Waals surface area contributed by atoms with Gasteiger partial charge >= 0.3 is 0 Å². The van der Waals surface area contributed by atoms with Crippen molar-refractivity contribution in [3.05, 3.63) is 90.0 Å². The predicted molar refractivity (Wildman–Crippen MR) is 97.2 cm³/mol. The maximum atomic E-state index is 12.9. The van der Waals surface area contributed by atoms with E-state index >= 15 is 0 Å². The van der Waals surface area contributed by atoms with Gasteiger partial charge in [-0.3, -0.25) is 9.78 Å². The van der Waals surface area contributed by atoms with Gasteiger partial charge in [-0.1, -0.05) is 30.3 Å². The number of pyridine rings is 1. The molecule has 4 nitrogen and oxygen atoms in total. The topological polar surface area (TPSA) is 54.0 Å². The summed E-state index contributed by atoms with van der Waals surface area (Å²) in [6.07, 6.45) is 4.06. The Hall–Kier alpha value is -3.21. The van der Waals surface area contributed by atoms with E-state index in [0.717, 1.165) is 18.7 Å². The SMILES string of the molecule is O=C(Nc1ccc(F)cc1)c1cncc(NCCc2ccccc2)c1. The number of nitrogens with zero attached hydrogens (tertiary/aromatic N) is 1. The fourth-order valence-electron chi connectivity index (χ4n) is 2.39. The summed E-state index contributed by atoms with van der Waals surface area (Å²) in [7, 11) is 0. The third-order valence-electron chi connectivity index (χ3n) is 3.69. The van der Waals surface area contributed by atoms with E-state index in [4.69, 9.17) is 0 Å². The lowest BCUT2D eigenvalue weighted by Crippen LogP contribution is -2.13.